The number of rotatable bonds is 5. The minimum absolute atomic E-state index is 0.249. The standard InChI is InChI=1S/C22H20FN3S/c1-15(2)13-27-22-20-19(16-6-4-3-5-7-16)12-26(21(20)24-14-25-22)18-10-8-17(23)9-11-18/h3-12,14-15H,13H2,1-2H3. The van der Waals surface area contributed by atoms with Gasteiger partial charge in [0.05, 0.1) is 5.39 Å². The molecule has 2 heterocycles. The molecular weight excluding hydrogens is 357 g/mol. The third-order valence-corrected chi connectivity index (χ3v) is 5.71. The number of nitrogens with zero attached hydrogens (tertiary/aromatic N) is 3. The van der Waals surface area contributed by atoms with Crippen molar-refractivity contribution < 1.29 is 4.39 Å². The molecule has 27 heavy (non-hydrogen) atoms. The zero-order chi connectivity index (χ0) is 18.8. The van der Waals surface area contributed by atoms with Gasteiger partial charge < -0.3 is 4.57 Å². The number of fused-ring (bicyclic) bond motifs is 1. The van der Waals surface area contributed by atoms with E-state index in [1.165, 1.54) is 12.1 Å². The van der Waals surface area contributed by atoms with Crippen LogP contribution in [0.25, 0.3) is 27.8 Å². The Morgan fingerprint density at radius 2 is 1.74 bits per heavy atom. The first kappa shape index (κ1) is 17.7. The molecule has 2 aromatic heterocycles. The van der Waals surface area contributed by atoms with E-state index in [1.54, 1.807) is 30.2 Å². The summed E-state index contributed by atoms with van der Waals surface area (Å²) in [5.41, 5.74) is 3.91. The lowest BCUT2D eigenvalue weighted by molar-refractivity contribution is 0.627. The van der Waals surface area contributed by atoms with Crippen LogP contribution in [-0.4, -0.2) is 20.3 Å². The molecule has 4 rings (SSSR count). The third-order valence-electron chi connectivity index (χ3n) is 4.29. The Balaban J connectivity index is 1.95. The van der Waals surface area contributed by atoms with Gasteiger partial charge in [-0.05, 0) is 35.7 Å². The van der Waals surface area contributed by atoms with Gasteiger partial charge >= 0.3 is 0 Å². The van der Waals surface area contributed by atoms with Crippen molar-refractivity contribution >= 4 is 22.8 Å². The van der Waals surface area contributed by atoms with Gasteiger partial charge in [-0.15, -0.1) is 11.8 Å². The maximum absolute atomic E-state index is 13.4. The molecule has 0 N–H and O–H groups in total. The zero-order valence-corrected chi connectivity index (χ0v) is 16.1. The van der Waals surface area contributed by atoms with E-state index in [-0.39, 0.29) is 5.82 Å². The number of aromatic nitrogens is 3. The van der Waals surface area contributed by atoms with E-state index in [0.717, 1.165) is 38.6 Å². The van der Waals surface area contributed by atoms with Crippen LogP contribution in [-0.2, 0) is 0 Å². The topological polar surface area (TPSA) is 30.7 Å². The molecule has 0 aliphatic heterocycles. The second-order valence-electron chi connectivity index (χ2n) is 6.84. The van der Waals surface area contributed by atoms with Gasteiger partial charge in [-0.3, -0.25) is 0 Å². The van der Waals surface area contributed by atoms with E-state index >= 15 is 0 Å². The van der Waals surface area contributed by atoms with Crippen LogP contribution in [0, 0.1) is 11.7 Å². The Kier molecular flexibility index (Phi) is 4.94. The van der Waals surface area contributed by atoms with Crippen molar-refractivity contribution in [3.63, 3.8) is 0 Å². The highest BCUT2D eigenvalue weighted by molar-refractivity contribution is 7.99. The van der Waals surface area contributed by atoms with Crippen LogP contribution in [0.5, 0.6) is 0 Å². The Hall–Kier alpha value is -2.66. The molecule has 2 aromatic carbocycles. The molecular formula is C22H20FN3S. The molecule has 0 radical (unpaired) electrons. The monoisotopic (exact) mass is 377 g/mol. The maximum atomic E-state index is 13.4. The van der Waals surface area contributed by atoms with Crippen LogP contribution < -0.4 is 0 Å². The van der Waals surface area contributed by atoms with Crippen LogP contribution in [0.15, 0.2) is 72.1 Å². The molecule has 0 spiro atoms. The van der Waals surface area contributed by atoms with Gasteiger partial charge in [-0.25, -0.2) is 14.4 Å². The molecule has 0 bridgehead atoms. The minimum atomic E-state index is -0.249. The molecule has 0 unspecified atom stereocenters. The Bertz CT molecular complexity index is 1060. The lowest BCUT2D eigenvalue weighted by Crippen LogP contribution is -1.96. The number of halogens is 1. The van der Waals surface area contributed by atoms with Gasteiger partial charge in [0, 0.05) is 23.2 Å². The number of hydrogen-bond donors (Lipinski definition) is 0. The van der Waals surface area contributed by atoms with Crippen LogP contribution >= 0.6 is 11.8 Å². The highest BCUT2D eigenvalue weighted by Gasteiger charge is 2.17. The summed E-state index contributed by atoms with van der Waals surface area (Å²) >= 11 is 1.75. The number of thioether (sulfide) groups is 1. The van der Waals surface area contributed by atoms with Crippen molar-refractivity contribution in [2.45, 2.75) is 18.9 Å². The second-order valence-corrected chi connectivity index (χ2v) is 7.85. The highest BCUT2D eigenvalue weighted by atomic mass is 32.2. The van der Waals surface area contributed by atoms with Gasteiger partial charge in [0.2, 0.25) is 0 Å². The molecule has 136 valence electrons. The number of benzene rings is 2. The average molecular weight is 377 g/mol. The second kappa shape index (κ2) is 7.53. The Labute approximate surface area is 162 Å². The van der Waals surface area contributed by atoms with Crippen LogP contribution in [0.3, 0.4) is 0 Å². The molecule has 0 fully saturated rings. The van der Waals surface area contributed by atoms with E-state index in [1.807, 2.05) is 22.8 Å². The summed E-state index contributed by atoms with van der Waals surface area (Å²) in [4.78, 5) is 9.12. The molecule has 0 aliphatic rings. The Morgan fingerprint density at radius 1 is 1.00 bits per heavy atom. The first-order valence-electron chi connectivity index (χ1n) is 8.93. The molecule has 0 aliphatic carbocycles. The van der Waals surface area contributed by atoms with E-state index in [0.29, 0.717) is 5.92 Å². The molecule has 5 heteroatoms. The summed E-state index contributed by atoms with van der Waals surface area (Å²) in [6, 6.07) is 16.7. The number of hydrogen-bond acceptors (Lipinski definition) is 3. The molecule has 0 saturated carbocycles. The summed E-state index contributed by atoms with van der Waals surface area (Å²) < 4.78 is 15.4. The van der Waals surface area contributed by atoms with Gasteiger partial charge in [0.25, 0.3) is 0 Å². The van der Waals surface area contributed by atoms with E-state index in [2.05, 4.69) is 42.1 Å². The first-order chi connectivity index (χ1) is 13.1. The zero-order valence-electron chi connectivity index (χ0n) is 15.3. The van der Waals surface area contributed by atoms with E-state index < -0.39 is 0 Å². The largest absolute Gasteiger partial charge is 0.301 e. The smallest absolute Gasteiger partial charge is 0.149 e. The molecule has 4 aromatic rings. The van der Waals surface area contributed by atoms with Crippen LogP contribution in [0.4, 0.5) is 4.39 Å². The predicted octanol–water partition coefficient (Wildman–Crippen LogP) is 5.97. The fourth-order valence-corrected chi connectivity index (χ4v) is 3.98. The van der Waals surface area contributed by atoms with Crippen LogP contribution in [0.1, 0.15) is 13.8 Å². The fraction of sp³-hybridized carbons (Fsp3) is 0.182. The lowest BCUT2D eigenvalue weighted by atomic mass is 10.1. The fourth-order valence-electron chi connectivity index (χ4n) is 3.02. The van der Waals surface area contributed by atoms with Crippen LogP contribution in [0.2, 0.25) is 0 Å². The van der Waals surface area contributed by atoms with Gasteiger partial charge in [-0.1, -0.05) is 44.2 Å². The van der Waals surface area contributed by atoms with Gasteiger partial charge in [0.1, 0.15) is 22.8 Å². The molecule has 0 amide bonds. The average Bonchev–Trinajstić information content (AvgIpc) is 3.08. The Morgan fingerprint density at radius 3 is 2.44 bits per heavy atom. The van der Waals surface area contributed by atoms with E-state index in [4.69, 9.17) is 0 Å². The molecule has 0 atom stereocenters. The predicted molar refractivity (Wildman–Crippen MR) is 110 cm³/mol. The van der Waals surface area contributed by atoms with Crippen molar-refractivity contribution in [1.29, 1.82) is 0 Å². The highest BCUT2D eigenvalue weighted by Crippen LogP contribution is 2.37. The van der Waals surface area contributed by atoms with E-state index in [9.17, 15) is 4.39 Å². The van der Waals surface area contributed by atoms with Gasteiger partial charge in [0.15, 0.2) is 0 Å². The maximum Gasteiger partial charge on any atom is 0.149 e. The van der Waals surface area contributed by atoms with Gasteiger partial charge in [-0.2, -0.15) is 0 Å². The summed E-state index contributed by atoms with van der Waals surface area (Å²) in [5, 5.41) is 2.02. The summed E-state index contributed by atoms with van der Waals surface area (Å²) in [6.45, 7) is 4.40. The summed E-state index contributed by atoms with van der Waals surface area (Å²) in [6.07, 6.45) is 3.68. The lowest BCUT2D eigenvalue weighted by Gasteiger charge is -2.07. The van der Waals surface area contributed by atoms with Crippen molar-refractivity contribution in [2.24, 2.45) is 5.92 Å². The van der Waals surface area contributed by atoms with Crippen molar-refractivity contribution in [2.75, 3.05) is 5.75 Å². The molecule has 0 saturated heterocycles. The summed E-state index contributed by atoms with van der Waals surface area (Å²) in [7, 11) is 0. The SMILES string of the molecule is CC(C)CSc1ncnc2c1c(-c1ccccc1)cn2-c1ccc(F)cc1. The first-order valence-corrected chi connectivity index (χ1v) is 9.92. The van der Waals surface area contributed by atoms with Crippen molar-refractivity contribution in [3.05, 3.63) is 72.9 Å². The summed E-state index contributed by atoms with van der Waals surface area (Å²) in [5.74, 6) is 1.31. The normalized spacial score (nSPS) is 11.4. The quantitative estimate of drug-likeness (QED) is 0.317. The minimum Gasteiger partial charge on any atom is -0.301 e. The van der Waals surface area contributed by atoms with Crippen molar-refractivity contribution in [1.82, 2.24) is 14.5 Å². The molecule has 3 nitrogen and oxygen atoms in total. The van der Waals surface area contributed by atoms with Crippen molar-refractivity contribution in [3.8, 4) is 16.8 Å². The third kappa shape index (κ3) is 3.60.